The predicted molar refractivity (Wildman–Crippen MR) is 101 cm³/mol. The molecule has 1 aromatic rings. The van der Waals surface area contributed by atoms with Crippen LogP contribution in [-0.4, -0.2) is 53.0 Å². The number of nitrogens with one attached hydrogen (secondary N) is 2. The Kier molecular flexibility index (Phi) is 8.56. The Morgan fingerprint density at radius 2 is 2.04 bits per heavy atom. The summed E-state index contributed by atoms with van der Waals surface area (Å²) in [6.45, 7) is 3.61. The van der Waals surface area contributed by atoms with Gasteiger partial charge < -0.3 is 20.1 Å². The molecule has 0 aromatic carbocycles. The molecule has 0 radical (unpaired) electrons. The third kappa shape index (κ3) is 5.76. The van der Waals surface area contributed by atoms with Crippen molar-refractivity contribution < 1.29 is 9.47 Å². The van der Waals surface area contributed by atoms with Crippen molar-refractivity contribution >= 4 is 17.3 Å². The minimum Gasteiger partial charge on any atom is -0.382 e. The highest BCUT2D eigenvalue weighted by molar-refractivity contribution is 7.10. The third-order valence-corrected chi connectivity index (χ3v) is 5.76. The van der Waals surface area contributed by atoms with Crippen LogP contribution in [0.3, 0.4) is 0 Å². The van der Waals surface area contributed by atoms with Crippen molar-refractivity contribution in [3.8, 4) is 0 Å². The second-order valence-electron chi connectivity index (χ2n) is 6.28. The van der Waals surface area contributed by atoms with Crippen molar-refractivity contribution in [2.45, 2.75) is 37.5 Å². The topological polar surface area (TPSA) is 54.9 Å². The first kappa shape index (κ1) is 19.2. The molecule has 2 rings (SSSR count). The first-order valence-corrected chi connectivity index (χ1v) is 9.74. The van der Waals surface area contributed by atoms with E-state index in [2.05, 4.69) is 33.1 Å². The van der Waals surface area contributed by atoms with E-state index >= 15 is 0 Å². The number of nitrogens with zero attached hydrogens (tertiary/aromatic N) is 1. The monoisotopic (exact) mass is 353 g/mol. The summed E-state index contributed by atoms with van der Waals surface area (Å²) in [4.78, 5) is 5.84. The van der Waals surface area contributed by atoms with Gasteiger partial charge >= 0.3 is 0 Å². The molecule has 0 bridgehead atoms. The summed E-state index contributed by atoms with van der Waals surface area (Å²) in [5.41, 5.74) is 0.263. The molecule has 0 amide bonds. The summed E-state index contributed by atoms with van der Waals surface area (Å²) in [5, 5.41) is 9.05. The Bertz CT molecular complexity index is 471. The summed E-state index contributed by atoms with van der Waals surface area (Å²) in [6, 6.07) is 4.46. The van der Waals surface area contributed by atoms with Gasteiger partial charge in [0.2, 0.25) is 0 Å². The zero-order valence-corrected chi connectivity index (χ0v) is 15.8. The minimum atomic E-state index is 0.263. The van der Waals surface area contributed by atoms with E-state index in [0.717, 1.165) is 19.0 Å². The number of ether oxygens (including phenoxy) is 2. The van der Waals surface area contributed by atoms with Crippen molar-refractivity contribution in [2.24, 2.45) is 4.99 Å². The van der Waals surface area contributed by atoms with E-state index in [1.165, 1.54) is 37.0 Å². The lowest BCUT2D eigenvalue weighted by Gasteiger charge is -2.37. The lowest BCUT2D eigenvalue weighted by molar-refractivity contribution is 0.0733. The molecular weight excluding hydrogens is 322 g/mol. The maximum atomic E-state index is 5.47. The van der Waals surface area contributed by atoms with Crippen molar-refractivity contribution in [2.75, 3.05) is 47.1 Å². The van der Waals surface area contributed by atoms with Gasteiger partial charge in [-0.2, -0.15) is 0 Å². The van der Waals surface area contributed by atoms with E-state index in [0.29, 0.717) is 19.8 Å². The van der Waals surface area contributed by atoms with Crippen LogP contribution in [-0.2, 0) is 14.9 Å². The van der Waals surface area contributed by atoms with Crippen LogP contribution in [0.4, 0.5) is 0 Å². The Balaban J connectivity index is 1.79. The van der Waals surface area contributed by atoms with Crippen molar-refractivity contribution in [3.05, 3.63) is 22.4 Å². The van der Waals surface area contributed by atoms with Gasteiger partial charge in [0.25, 0.3) is 0 Å². The second kappa shape index (κ2) is 10.7. The van der Waals surface area contributed by atoms with Gasteiger partial charge in [-0.1, -0.05) is 25.3 Å². The largest absolute Gasteiger partial charge is 0.382 e. The summed E-state index contributed by atoms with van der Waals surface area (Å²) in [6.07, 6.45) is 6.52. The summed E-state index contributed by atoms with van der Waals surface area (Å²) >= 11 is 1.88. The number of aliphatic imine (C=N–C) groups is 1. The molecule has 136 valence electrons. The highest BCUT2D eigenvalue weighted by atomic mass is 32.1. The Hall–Kier alpha value is -1.11. The van der Waals surface area contributed by atoms with Crippen molar-refractivity contribution in [1.82, 2.24) is 10.6 Å². The van der Waals surface area contributed by atoms with Gasteiger partial charge in [0.15, 0.2) is 5.96 Å². The maximum Gasteiger partial charge on any atom is 0.191 e. The minimum absolute atomic E-state index is 0.263. The zero-order valence-electron chi connectivity index (χ0n) is 15.0. The van der Waals surface area contributed by atoms with E-state index in [1.807, 2.05) is 18.4 Å². The summed E-state index contributed by atoms with van der Waals surface area (Å²) in [5.74, 6) is 0.854. The molecule has 6 heteroatoms. The fourth-order valence-electron chi connectivity index (χ4n) is 3.28. The molecule has 0 saturated heterocycles. The lowest BCUT2D eigenvalue weighted by atomic mass is 9.73. The van der Waals surface area contributed by atoms with Crippen LogP contribution in [0.25, 0.3) is 0 Å². The van der Waals surface area contributed by atoms with Crippen LogP contribution in [0, 0.1) is 0 Å². The molecule has 2 N–H and O–H groups in total. The fourth-order valence-corrected chi connectivity index (χ4v) is 4.27. The van der Waals surface area contributed by atoms with Gasteiger partial charge in [-0.05, 0) is 24.3 Å². The molecule has 24 heavy (non-hydrogen) atoms. The van der Waals surface area contributed by atoms with Crippen molar-refractivity contribution in [3.63, 3.8) is 0 Å². The molecule has 1 heterocycles. The molecule has 5 nitrogen and oxygen atoms in total. The van der Waals surface area contributed by atoms with E-state index in [9.17, 15) is 0 Å². The smallest absolute Gasteiger partial charge is 0.191 e. The van der Waals surface area contributed by atoms with Crippen LogP contribution in [0.5, 0.6) is 0 Å². The highest BCUT2D eigenvalue weighted by Crippen LogP contribution is 2.40. The summed E-state index contributed by atoms with van der Waals surface area (Å²) in [7, 11) is 3.50. The van der Waals surface area contributed by atoms with Gasteiger partial charge in [-0.15, -0.1) is 11.3 Å². The molecule has 0 spiro atoms. The van der Waals surface area contributed by atoms with E-state index in [4.69, 9.17) is 9.47 Å². The Morgan fingerprint density at radius 1 is 1.21 bits per heavy atom. The van der Waals surface area contributed by atoms with Gasteiger partial charge in [-0.25, -0.2) is 0 Å². The molecule has 0 atom stereocenters. The standard InChI is InChI=1S/C18H31N3O2S/c1-19-17(20-10-11-23-13-12-22-2)21-15-18(8-4-3-5-9-18)16-7-6-14-24-16/h6-7,14H,3-5,8-13,15H2,1-2H3,(H2,19,20,21). The van der Waals surface area contributed by atoms with E-state index in [1.54, 1.807) is 7.11 Å². The Morgan fingerprint density at radius 3 is 2.71 bits per heavy atom. The number of thiophene rings is 1. The molecule has 1 aliphatic carbocycles. The first-order chi connectivity index (χ1) is 11.8. The van der Waals surface area contributed by atoms with Crippen LogP contribution in [0.2, 0.25) is 0 Å². The van der Waals surface area contributed by atoms with Crippen LogP contribution in [0.1, 0.15) is 37.0 Å². The average molecular weight is 354 g/mol. The number of hydrogen-bond donors (Lipinski definition) is 2. The number of guanidine groups is 1. The fraction of sp³-hybridized carbons (Fsp3) is 0.722. The number of hydrogen-bond acceptors (Lipinski definition) is 4. The first-order valence-electron chi connectivity index (χ1n) is 8.86. The molecule has 1 aromatic heterocycles. The van der Waals surface area contributed by atoms with E-state index < -0.39 is 0 Å². The van der Waals surface area contributed by atoms with Crippen LogP contribution >= 0.6 is 11.3 Å². The Labute approximate surface area is 149 Å². The molecule has 1 aliphatic rings. The molecule has 1 saturated carbocycles. The van der Waals surface area contributed by atoms with Crippen LogP contribution in [0.15, 0.2) is 22.5 Å². The van der Waals surface area contributed by atoms with Crippen molar-refractivity contribution in [1.29, 1.82) is 0 Å². The van der Waals surface area contributed by atoms with Gasteiger partial charge in [0.05, 0.1) is 19.8 Å². The maximum absolute atomic E-state index is 5.47. The quantitative estimate of drug-likeness (QED) is 0.407. The number of methoxy groups -OCH3 is 1. The molecular formula is C18H31N3O2S. The molecule has 1 fully saturated rings. The van der Waals surface area contributed by atoms with Gasteiger partial charge in [0, 0.05) is 37.5 Å². The average Bonchev–Trinajstić information content (AvgIpc) is 3.17. The third-order valence-electron chi connectivity index (χ3n) is 4.64. The van der Waals surface area contributed by atoms with E-state index in [-0.39, 0.29) is 5.41 Å². The van der Waals surface area contributed by atoms with Crippen LogP contribution < -0.4 is 10.6 Å². The zero-order chi connectivity index (χ0) is 17.1. The highest BCUT2D eigenvalue weighted by Gasteiger charge is 2.34. The van der Waals surface area contributed by atoms with Gasteiger partial charge in [-0.3, -0.25) is 4.99 Å². The number of rotatable bonds is 9. The second-order valence-corrected chi connectivity index (χ2v) is 7.22. The lowest BCUT2D eigenvalue weighted by Crippen LogP contribution is -2.46. The predicted octanol–water partition coefficient (Wildman–Crippen LogP) is 2.78. The summed E-state index contributed by atoms with van der Waals surface area (Å²) < 4.78 is 10.4. The normalized spacial score (nSPS) is 17.7. The molecule has 0 unspecified atom stereocenters. The SMILES string of the molecule is CN=C(NCCOCCOC)NCC1(c2cccs2)CCCCC1. The molecule has 0 aliphatic heterocycles. The van der Waals surface area contributed by atoms with Gasteiger partial charge in [0.1, 0.15) is 0 Å².